The molecule has 0 aromatic heterocycles. The summed E-state index contributed by atoms with van der Waals surface area (Å²) in [7, 11) is 2.68. The van der Waals surface area contributed by atoms with Gasteiger partial charge >= 0.3 is 11.9 Å². The molecule has 2 aromatic rings. The molecule has 25 heavy (non-hydrogen) atoms. The van der Waals surface area contributed by atoms with Gasteiger partial charge in [-0.1, -0.05) is 66.7 Å². The molecule has 1 aliphatic carbocycles. The Morgan fingerprint density at radius 2 is 1.16 bits per heavy atom. The first-order chi connectivity index (χ1) is 12.2. The topological polar surface area (TPSA) is 52.6 Å². The van der Waals surface area contributed by atoms with E-state index < -0.39 is 11.8 Å². The number of benzene rings is 2. The van der Waals surface area contributed by atoms with E-state index >= 15 is 0 Å². The van der Waals surface area contributed by atoms with E-state index in [1.165, 1.54) is 14.2 Å². The van der Waals surface area contributed by atoms with Crippen molar-refractivity contribution in [1.82, 2.24) is 0 Å². The first-order valence-corrected chi connectivity index (χ1v) is 8.15. The highest BCUT2D eigenvalue weighted by molar-refractivity contribution is 5.90. The van der Waals surface area contributed by atoms with Crippen molar-refractivity contribution in [2.45, 2.75) is 0 Å². The van der Waals surface area contributed by atoms with Gasteiger partial charge < -0.3 is 9.47 Å². The van der Waals surface area contributed by atoms with Crippen LogP contribution < -0.4 is 0 Å². The van der Waals surface area contributed by atoms with Crippen LogP contribution in [0, 0.1) is 17.8 Å². The molecule has 4 nitrogen and oxygen atoms in total. The van der Waals surface area contributed by atoms with Crippen LogP contribution in [-0.4, -0.2) is 26.2 Å². The summed E-state index contributed by atoms with van der Waals surface area (Å²) in [5, 5.41) is 0. The molecule has 0 N–H and O–H groups in total. The van der Waals surface area contributed by atoms with Crippen LogP contribution in [0.15, 0.2) is 66.7 Å². The van der Waals surface area contributed by atoms with Crippen molar-refractivity contribution in [3.63, 3.8) is 0 Å². The van der Waals surface area contributed by atoms with Crippen molar-refractivity contribution >= 4 is 17.5 Å². The summed E-state index contributed by atoms with van der Waals surface area (Å²) in [5.74, 6) is -1.95. The Morgan fingerprint density at radius 3 is 1.52 bits per heavy atom. The third kappa shape index (κ3) is 3.48. The van der Waals surface area contributed by atoms with Crippen molar-refractivity contribution in [2.75, 3.05) is 14.2 Å². The molecule has 4 heteroatoms. The Labute approximate surface area is 147 Å². The summed E-state index contributed by atoms with van der Waals surface area (Å²) < 4.78 is 9.69. The van der Waals surface area contributed by atoms with Crippen molar-refractivity contribution < 1.29 is 19.1 Å². The SMILES string of the molecule is COC(=O)C1C(C=C(c2ccccc2)c2ccccc2)C1C(=O)OC. The van der Waals surface area contributed by atoms with E-state index in [4.69, 9.17) is 9.47 Å². The fraction of sp³-hybridized carbons (Fsp3) is 0.238. The van der Waals surface area contributed by atoms with E-state index in [1.807, 2.05) is 66.7 Å². The highest BCUT2D eigenvalue weighted by Gasteiger charge is 2.59. The second-order valence-electron chi connectivity index (χ2n) is 5.99. The lowest BCUT2D eigenvalue weighted by molar-refractivity contribution is -0.148. The number of methoxy groups -OCH3 is 2. The molecule has 0 heterocycles. The average molecular weight is 336 g/mol. The Kier molecular flexibility index (Phi) is 4.98. The lowest BCUT2D eigenvalue weighted by Crippen LogP contribution is -2.10. The van der Waals surface area contributed by atoms with Crippen LogP contribution in [0.25, 0.3) is 5.57 Å². The van der Waals surface area contributed by atoms with E-state index in [0.29, 0.717) is 0 Å². The van der Waals surface area contributed by atoms with Gasteiger partial charge in [-0.3, -0.25) is 9.59 Å². The van der Waals surface area contributed by atoms with Gasteiger partial charge in [0.1, 0.15) is 0 Å². The minimum Gasteiger partial charge on any atom is -0.469 e. The van der Waals surface area contributed by atoms with Gasteiger partial charge in [0, 0.05) is 5.92 Å². The normalized spacial score (nSPS) is 21.1. The highest BCUT2D eigenvalue weighted by Crippen LogP contribution is 2.50. The summed E-state index contributed by atoms with van der Waals surface area (Å²) in [6.07, 6.45) is 1.99. The minimum atomic E-state index is -0.486. The standard InChI is InChI=1S/C21H20O4/c1-24-20(22)18-17(19(18)21(23)25-2)13-16(14-9-5-3-6-10-14)15-11-7-4-8-12-15/h3-13,17-19H,1-2H3. The second kappa shape index (κ2) is 7.34. The number of hydrogen-bond acceptors (Lipinski definition) is 4. The lowest BCUT2D eigenvalue weighted by atomic mass is 9.96. The van der Waals surface area contributed by atoms with Crippen molar-refractivity contribution in [1.29, 1.82) is 0 Å². The van der Waals surface area contributed by atoms with Gasteiger partial charge in [-0.2, -0.15) is 0 Å². The van der Waals surface area contributed by atoms with Crippen LogP contribution in [0.4, 0.5) is 0 Å². The third-order valence-corrected chi connectivity index (χ3v) is 4.55. The molecule has 1 aliphatic rings. The molecule has 0 saturated heterocycles. The predicted octanol–water partition coefficient (Wildman–Crippen LogP) is 3.33. The van der Waals surface area contributed by atoms with E-state index in [9.17, 15) is 9.59 Å². The van der Waals surface area contributed by atoms with Gasteiger partial charge in [0.25, 0.3) is 0 Å². The molecular weight excluding hydrogens is 316 g/mol. The Hall–Kier alpha value is -2.88. The number of allylic oxidation sites excluding steroid dienone is 1. The largest absolute Gasteiger partial charge is 0.469 e. The summed E-state index contributed by atoms with van der Waals surface area (Å²) in [4.78, 5) is 24.0. The zero-order valence-corrected chi connectivity index (χ0v) is 14.2. The molecule has 0 aliphatic heterocycles. The molecule has 2 atom stereocenters. The molecule has 1 fully saturated rings. The van der Waals surface area contributed by atoms with Crippen LogP contribution in [0.3, 0.4) is 0 Å². The monoisotopic (exact) mass is 336 g/mol. The average Bonchev–Trinajstić information content (AvgIpc) is 3.40. The van der Waals surface area contributed by atoms with Gasteiger partial charge in [-0.15, -0.1) is 0 Å². The molecule has 3 rings (SSSR count). The maximum absolute atomic E-state index is 12.0. The maximum atomic E-state index is 12.0. The van der Waals surface area contributed by atoms with E-state index in [1.54, 1.807) is 0 Å². The number of ether oxygens (including phenoxy) is 2. The second-order valence-corrected chi connectivity index (χ2v) is 5.99. The number of carbonyl (C=O) groups excluding carboxylic acids is 2. The summed E-state index contributed by atoms with van der Waals surface area (Å²) in [6.45, 7) is 0. The smallest absolute Gasteiger partial charge is 0.310 e. The molecular formula is C21H20O4. The highest BCUT2D eigenvalue weighted by atomic mass is 16.5. The molecule has 2 aromatic carbocycles. The summed E-state index contributed by atoms with van der Waals surface area (Å²) in [6, 6.07) is 19.8. The molecule has 1 saturated carbocycles. The summed E-state index contributed by atoms with van der Waals surface area (Å²) in [5.41, 5.74) is 3.06. The van der Waals surface area contributed by atoms with Gasteiger partial charge in [0.15, 0.2) is 0 Å². The molecule has 0 spiro atoms. The zero-order chi connectivity index (χ0) is 17.8. The van der Waals surface area contributed by atoms with Gasteiger partial charge in [-0.25, -0.2) is 0 Å². The Bertz CT molecular complexity index is 717. The van der Waals surface area contributed by atoms with Crippen LogP contribution >= 0.6 is 0 Å². The van der Waals surface area contributed by atoms with Crippen LogP contribution in [0.1, 0.15) is 11.1 Å². The fourth-order valence-corrected chi connectivity index (χ4v) is 3.21. The first kappa shape index (κ1) is 17.0. The Balaban J connectivity index is 2.01. The fourth-order valence-electron chi connectivity index (χ4n) is 3.21. The van der Waals surface area contributed by atoms with E-state index in [-0.39, 0.29) is 17.9 Å². The van der Waals surface area contributed by atoms with E-state index in [0.717, 1.165) is 16.7 Å². The molecule has 0 amide bonds. The van der Waals surface area contributed by atoms with Gasteiger partial charge in [0.2, 0.25) is 0 Å². The zero-order valence-electron chi connectivity index (χ0n) is 14.2. The lowest BCUT2D eigenvalue weighted by Gasteiger charge is -2.09. The quantitative estimate of drug-likeness (QED) is 0.786. The maximum Gasteiger partial charge on any atom is 0.310 e. The van der Waals surface area contributed by atoms with Gasteiger partial charge in [0.05, 0.1) is 26.1 Å². The van der Waals surface area contributed by atoms with Crippen molar-refractivity contribution in [3.05, 3.63) is 77.9 Å². The van der Waals surface area contributed by atoms with Crippen LogP contribution in [-0.2, 0) is 19.1 Å². The Morgan fingerprint density at radius 1 is 0.760 bits per heavy atom. The molecule has 128 valence electrons. The molecule has 0 radical (unpaired) electrons. The van der Waals surface area contributed by atoms with Gasteiger partial charge in [-0.05, 0) is 16.7 Å². The molecule has 0 bridgehead atoms. The molecule has 2 unspecified atom stereocenters. The van der Waals surface area contributed by atoms with E-state index in [2.05, 4.69) is 0 Å². The predicted molar refractivity (Wildman–Crippen MR) is 94.5 cm³/mol. The van der Waals surface area contributed by atoms with Crippen LogP contribution in [0.2, 0.25) is 0 Å². The third-order valence-electron chi connectivity index (χ3n) is 4.55. The first-order valence-electron chi connectivity index (χ1n) is 8.15. The number of esters is 2. The minimum absolute atomic E-state index is 0.227. The number of hydrogen-bond donors (Lipinski definition) is 0. The number of carbonyl (C=O) groups is 2. The summed E-state index contributed by atoms with van der Waals surface area (Å²) >= 11 is 0. The van der Waals surface area contributed by atoms with Crippen molar-refractivity contribution in [2.24, 2.45) is 17.8 Å². The van der Waals surface area contributed by atoms with Crippen LogP contribution in [0.5, 0.6) is 0 Å². The van der Waals surface area contributed by atoms with Crippen molar-refractivity contribution in [3.8, 4) is 0 Å². The number of rotatable bonds is 5.